The fourth-order valence-electron chi connectivity index (χ4n) is 4.43. The number of ether oxygens (including phenoxy) is 2. The number of pyridine rings is 1. The molecule has 7 heteroatoms. The number of para-hydroxylation sites is 1. The molecule has 1 aromatic heterocycles. The van der Waals surface area contributed by atoms with Crippen molar-refractivity contribution < 1.29 is 24.2 Å². The van der Waals surface area contributed by atoms with Crippen molar-refractivity contribution in [2.24, 2.45) is 0 Å². The zero-order valence-corrected chi connectivity index (χ0v) is 18.0. The SMILES string of the molecule is COc1ccccc1C1/C(=C(\O)c2ccc3c(c2)CCO3)C(=O)C(=O)N1Cc1ccncc1. The van der Waals surface area contributed by atoms with Crippen molar-refractivity contribution in [2.45, 2.75) is 19.0 Å². The van der Waals surface area contributed by atoms with Crippen LogP contribution < -0.4 is 9.47 Å². The summed E-state index contributed by atoms with van der Waals surface area (Å²) in [6, 6.07) is 15.3. The number of Topliss-reactive ketones (excluding diaryl/α,β-unsaturated/α-hetero) is 1. The topological polar surface area (TPSA) is 89.0 Å². The van der Waals surface area contributed by atoms with Gasteiger partial charge in [0.15, 0.2) is 0 Å². The average molecular weight is 442 g/mol. The molecule has 1 unspecified atom stereocenters. The van der Waals surface area contributed by atoms with E-state index in [0.29, 0.717) is 23.5 Å². The predicted octanol–water partition coefficient (Wildman–Crippen LogP) is 3.65. The number of methoxy groups -OCH3 is 1. The van der Waals surface area contributed by atoms with Crippen LogP contribution in [0.4, 0.5) is 0 Å². The first-order chi connectivity index (χ1) is 16.1. The summed E-state index contributed by atoms with van der Waals surface area (Å²) in [4.78, 5) is 31.9. The van der Waals surface area contributed by atoms with Crippen LogP contribution in [-0.4, -0.2) is 40.4 Å². The Bertz CT molecular complexity index is 1270. The molecule has 3 heterocycles. The van der Waals surface area contributed by atoms with Crippen molar-refractivity contribution in [1.82, 2.24) is 9.88 Å². The molecule has 1 amide bonds. The van der Waals surface area contributed by atoms with Gasteiger partial charge >= 0.3 is 0 Å². The van der Waals surface area contributed by atoms with Crippen LogP contribution in [0.15, 0.2) is 72.6 Å². The number of benzene rings is 2. The summed E-state index contributed by atoms with van der Waals surface area (Å²) in [5.41, 5.74) is 2.91. The van der Waals surface area contributed by atoms with E-state index in [4.69, 9.17) is 9.47 Å². The maximum Gasteiger partial charge on any atom is 0.295 e. The molecule has 3 aromatic rings. The fourth-order valence-corrected chi connectivity index (χ4v) is 4.43. The smallest absolute Gasteiger partial charge is 0.295 e. The minimum Gasteiger partial charge on any atom is -0.507 e. The Balaban J connectivity index is 1.67. The van der Waals surface area contributed by atoms with Gasteiger partial charge in [0.2, 0.25) is 0 Å². The van der Waals surface area contributed by atoms with Gasteiger partial charge in [-0.15, -0.1) is 0 Å². The third-order valence-corrected chi connectivity index (χ3v) is 6.04. The Morgan fingerprint density at radius 2 is 1.94 bits per heavy atom. The summed E-state index contributed by atoms with van der Waals surface area (Å²) in [6.07, 6.45) is 4.00. The van der Waals surface area contributed by atoms with E-state index in [9.17, 15) is 14.7 Å². The number of hydrogen-bond donors (Lipinski definition) is 1. The number of nitrogens with zero attached hydrogens (tertiary/aromatic N) is 2. The third kappa shape index (κ3) is 3.61. The molecule has 166 valence electrons. The van der Waals surface area contributed by atoms with Crippen LogP contribution in [0.2, 0.25) is 0 Å². The van der Waals surface area contributed by atoms with Crippen molar-refractivity contribution in [3.63, 3.8) is 0 Å². The zero-order valence-electron chi connectivity index (χ0n) is 18.0. The van der Waals surface area contributed by atoms with Crippen LogP contribution in [0.25, 0.3) is 5.76 Å². The number of rotatable bonds is 5. The van der Waals surface area contributed by atoms with E-state index in [1.807, 2.05) is 18.2 Å². The molecular formula is C26H22N2O5. The summed E-state index contributed by atoms with van der Waals surface area (Å²) in [5, 5.41) is 11.3. The van der Waals surface area contributed by atoms with Gasteiger partial charge in [0.1, 0.15) is 17.3 Å². The lowest BCUT2D eigenvalue weighted by molar-refractivity contribution is -0.140. The van der Waals surface area contributed by atoms with Gasteiger partial charge in [0, 0.05) is 36.5 Å². The van der Waals surface area contributed by atoms with Gasteiger partial charge in [0.25, 0.3) is 11.7 Å². The number of carbonyl (C=O) groups is 2. The minimum atomic E-state index is -0.807. The lowest BCUT2D eigenvalue weighted by atomic mass is 9.94. The second-order valence-corrected chi connectivity index (χ2v) is 7.95. The second kappa shape index (κ2) is 8.43. The molecular weight excluding hydrogens is 420 g/mol. The molecule has 1 saturated heterocycles. The fraction of sp³-hybridized carbons (Fsp3) is 0.192. The van der Waals surface area contributed by atoms with Crippen molar-refractivity contribution in [2.75, 3.05) is 13.7 Å². The van der Waals surface area contributed by atoms with Crippen LogP contribution in [-0.2, 0) is 22.6 Å². The Morgan fingerprint density at radius 1 is 1.15 bits per heavy atom. The number of amides is 1. The number of ketones is 1. The number of aliphatic hydroxyl groups excluding tert-OH is 1. The molecule has 1 atom stereocenters. The minimum absolute atomic E-state index is 0.0393. The zero-order chi connectivity index (χ0) is 22.9. The number of aliphatic hydroxyl groups is 1. The van der Waals surface area contributed by atoms with Crippen LogP contribution in [0.3, 0.4) is 0 Å². The summed E-state index contributed by atoms with van der Waals surface area (Å²) in [5.74, 6) is -0.317. The molecule has 0 spiro atoms. The summed E-state index contributed by atoms with van der Waals surface area (Å²) >= 11 is 0. The highest BCUT2D eigenvalue weighted by atomic mass is 16.5. The molecule has 2 aromatic carbocycles. The highest BCUT2D eigenvalue weighted by molar-refractivity contribution is 6.46. The normalized spacial score (nSPS) is 18.8. The van der Waals surface area contributed by atoms with Gasteiger partial charge in [-0.1, -0.05) is 18.2 Å². The van der Waals surface area contributed by atoms with Gasteiger partial charge in [-0.2, -0.15) is 0 Å². The van der Waals surface area contributed by atoms with Crippen LogP contribution in [0, 0.1) is 0 Å². The molecule has 0 saturated carbocycles. The van der Waals surface area contributed by atoms with E-state index in [2.05, 4.69) is 4.98 Å². The van der Waals surface area contributed by atoms with E-state index in [1.165, 1.54) is 12.0 Å². The molecule has 1 N–H and O–H groups in total. The van der Waals surface area contributed by atoms with Gasteiger partial charge in [-0.05, 0) is 47.5 Å². The molecule has 0 radical (unpaired) electrons. The Morgan fingerprint density at radius 3 is 2.73 bits per heavy atom. The molecule has 1 fully saturated rings. The Hall–Kier alpha value is -4.13. The lowest BCUT2D eigenvalue weighted by Gasteiger charge is -2.26. The number of carbonyl (C=O) groups excluding carboxylic acids is 2. The third-order valence-electron chi connectivity index (χ3n) is 6.04. The van der Waals surface area contributed by atoms with Crippen LogP contribution in [0.1, 0.15) is 28.3 Å². The van der Waals surface area contributed by atoms with Gasteiger partial charge in [0.05, 0.1) is 25.3 Å². The first-order valence-corrected chi connectivity index (χ1v) is 10.6. The van der Waals surface area contributed by atoms with E-state index in [1.54, 1.807) is 48.8 Å². The molecule has 5 rings (SSSR count). The number of fused-ring (bicyclic) bond motifs is 1. The van der Waals surface area contributed by atoms with Gasteiger partial charge in [-0.25, -0.2) is 0 Å². The lowest BCUT2D eigenvalue weighted by Crippen LogP contribution is -2.29. The molecule has 0 aliphatic carbocycles. The Kier molecular flexibility index (Phi) is 5.30. The highest BCUT2D eigenvalue weighted by Crippen LogP contribution is 2.43. The first kappa shape index (κ1) is 20.8. The largest absolute Gasteiger partial charge is 0.507 e. The molecule has 0 bridgehead atoms. The number of likely N-dealkylation sites (tertiary alicyclic amines) is 1. The van der Waals surface area contributed by atoms with Crippen LogP contribution in [0.5, 0.6) is 11.5 Å². The maximum atomic E-state index is 13.3. The Labute approximate surface area is 190 Å². The van der Waals surface area contributed by atoms with E-state index < -0.39 is 17.7 Å². The monoisotopic (exact) mass is 442 g/mol. The molecule has 33 heavy (non-hydrogen) atoms. The van der Waals surface area contributed by atoms with Crippen molar-refractivity contribution >= 4 is 17.4 Å². The highest BCUT2D eigenvalue weighted by Gasteiger charge is 2.47. The van der Waals surface area contributed by atoms with Crippen LogP contribution >= 0.6 is 0 Å². The van der Waals surface area contributed by atoms with Crippen molar-refractivity contribution in [1.29, 1.82) is 0 Å². The maximum absolute atomic E-state index is 13.3. The molecule has 7 nitrogen and oxygen atoms in total. The first-order valence-electron chi connectivity index (χ1n) is 10.6. The number of hydrogen-bond acceptors (Lipinski definition) is 6. The van der Waals surface area contributed by atoms with Crippen molar-refractivity contribution in [3.8, 4) is 11.5 Å². The summed E-state index contributed by atoms with van der Waals surface area (Å²) in [7, 11) is 1.54. The predicted molar refractivity (Wildman–Crippen MR) is 121 cm³/mol. The number of aromatic nitrogens is 1. The van der Waals surface area contributed by atoms with Gasteiger partial charge < -0.3 is 19.5 Å². The summed E-state index contributed by atoms with van der Waals surface area (Å²) < 4.78 is 11.1. The average Bonchev–Trinajstić information content (AvgIpc) is 3.42. The van der Waals surface area contributed by atoms with E-state index in [-0.39, 0.29) is 17.9 Å². The van der Waals surface area contributed by atoms with E-state index in [0.717, 1.165) is 23.3 Å². The van der Waals surface area contributed by atoms with Gasteiger partial charge in [-0.3, -0.25) is 14.6 Å². The van der Waals surface area contributed by atoms with Crippen molar-refractivity contribution in [3.05, 3.63) is 94.8 Å². The quantitative estimate of drug-likeness (QED) is 0.369. The molecule has 2 aliphatic heterocycles. The second-order valence-electron chi connectivity index (χ2n) is 7.95. The molecule has 2 aliphatic rings. The van der Waals surface area contributed by atoms with E-state index >= 15 is 0 Å². The summed E-state index contributed by atoms with van der Waals surface area (Å²) in [6.45, 7) is 0.766. The standard InChI is InChI=1S/C26H22N2O5/c1-32-21-5-3-2-4-19(21)23-22(24(29)18-6-7-20-17(14-18)10-13-33-20)25(30)26(31)28(23)15-16-8-11-27-12-9-16/h2-9,11-12,14,23,29H,10,13,15H2,1H3/b24-22+.